The van der Waals surface area contributed by atoms with Gasteiger partial charge in [0, 0.05) is 0 Å². The van der Waals surface area contributed by atoms with Gasteiger partial charge in [-0.2, -0.15) is 9.97 Å². The van der Waals surface area contributed by atoms with Crippen LogP contribution in [0.25, 0.3) is 11.2 Å². The van der Waals surface area contributed by atoms with Crippen LogP contribution in [-0.4, -0.2) is 72.8 Å². The number of aliphatic hydroxyl groups excluding tert-OH is 2. The van der Waals surface area contributed by atoms with Crippen LogP contribution >= 0.6 is 0 Å². The Balaban J connectivity index is 1.95. The van der Waals surface area contributed by atoms with Crippen LogP contribution in [0.2, 0.25) is 0 Å². The number of fused-ring (bicyclic) bond motifs is 1. The molecular weight excluding hydrogens is 310 g/mol. The third kappa shape index (κ3) is 2.43. The van der Waals surface area contributed by atoms with Gasteiger partial charge in [-0.15, -0.1) is 4.73 Å². The molecule has 0 bridgehead atoms. The third-order valence-electron chi connectivity index (χ3n) is 3.66. The maximum atomic E-state index is 10.3. The number of aliphatic hydroxyl groups is 3. The molecule has 0 unspecified atom stereocenters. The largest absolute Gasteiger partial charge is 0.479 e. The van der Waals surface area contributed by atoms with Crippen molar-refractivity contribution in [3.8, 4) is 5.88 Å². The van der Waals surface area contributed by atoms with Crippen molar-refractivity contribution in [1.82, 2.24) is 19.7 Å². The highest BCUT2D eigenvalue weighted by atomic mass is 16.8. The van der Waals surface area contributed by atoms with Crippen molar-refractivity contribution in [1.29, 1.82) is 0 Å². The first-order chi connectivity index (χ1) is 10.9. The highest BCUT2D eigenvalue weighted by Crippen LogP contribution is 2.31. The van der Waals surface area contributed by atoms with E-state index in [0.29, 0.717) is 5.52 Å². The van der Waals surface area contributed by atoms with Gasteiger partial charge in [-0.3, -0.25) is 0 Å². The summed E-state index contributed by atoms with van der Waals surface area (Å²) in [6.45, 7) is 0.867. The minimum atomic E-state index is -1.74. The van der Waals surface area contributed by atoms with Crippen molar-refractivity contribution in [2.24, 2.45) is 0 Å². The Hall–Kier alpha value is -2.21. The first-order valence-electron chi connectivity index (χ1n) is 6.77. The van der Waals surface area contributed by atoms with Gasteiger partial charge in [-0.05, 0) is 6.92 Å². The molecule has 126 valence electrons. The number of methoxy groups -OCH3 is 1. The van der Waals surface area contributed by atoms with Gasteiger partial charge in [0.1, 0.15) is 18.5 Å². The number of hydrogen-bond donors (Lipinski definition) is 4. The normalized spacial score (nSPS) is 30.7. The Kier molecular flexibility index (Phi) is 3.72. The lowest BCUT2D eigenvalue weighted by Gasteiger charge is -2.26. The summed E-state index contributed by atoms with van der Waals surface area (Å²) in [7, 11) is 1.41. The van der Waals surface area contributed by atoms with Crippen molar-refractivity contribution in [3.63, 3.8) is 0 Å². The molecule has 11 heteroatoms. The monoisotopic (exact) mass is 327 g/mol. The number of ether oxygens (including phenoxy) is 2. The lowest BCUT2D eigenvalue weighted by Crippen LogP contribution is -2.49. The van der Waals surface area contributed by atoms with Crippen LogP contribution in [0, 0.1) is 0 Å². The average molecular weight is 327 g/mol. The summed E-state index contributed by atoms with van der Waals surface area (Å²) < 4.78 is 11.5. The Morgan fingerprint density at radius 2 is 2.22 bits per heavy atom. The summed E-state index contributed by atoms with van der Waals surface area (Å²) >= 11 is 0. The second kappa shape index (κ2) is 5.45. The molecule has 23 heavy (non-hydrogen) atoms. The minimum absolute atomic E-state index is 0.0490. The van der Waals surface area contributed by atoms with Crippen LogP contribution in [0.5, 0.6) is 5.88 Å². The highest BCUT2D eigenvalue weighted by molar-refractivity contribution is 5.77. The molecule has 3 rings (SSSR count). The zero-order valence-electron chi connectivity index (χ0n) is 12.4. The van der Waals surface area contributed by atoms with Gasteiger partial charge >= 0.3 is 0 Å². The first kappa shape index (κ1) is 15.7. The maximum absolute atomic E-state index is 10.3. The Bertz CT molecular complexity index is 719. The van der Waals surface area contributed by atoms with Gasteiger partial charge in [-0.1, -0.05) is 0 Å². The Morgan fingerprint density at radius 3 is 2.83 bits per heavy atom. The number of nitrogens with zero attached hydrogens (tertiary/aromatic N) is 4. The van der Waals surface area contributed by atoms with Crippen LogP contribution in [0.3, 0.4) is 0 Å². The van der Waals surface area contributed by atoms with Crippen LogP contribution in [0.15, 0.2) is 6.33 Å². The maximum Gasteiger partial charge on any atom is 0.256 e. The molecule has 0 radical (unpaired) electrons. The van der Waals surface area contributed by atoms with Crippen LogP contribution < -0.4 is 15.3 Å². The lowest BCUT2D eigenvalue weighted by atomic mass is 9.98. The Labute approximate surface area is 130 Å². The van der Waals surface area contributed by atoms with Gasteiger partial charge < -0.3 is 35.4 Å². The standard InChI is InChI=1S/C12H17N5O6/c1-12(20)7(19)5(3-18)22-10(12)23-17-4-14-6-8(17)15-11(13)16-9(6)21-2/h4-5,7,10,18-20H,3H2,1-2H3,(H2,13,15,16)/t5-,7-,10+,12-/m1/s1. The number of rotatable bonds is 4. The van der Waals surface area contributed by atoms with Crippen LogP contribution in [0.1, 0.15) is 6.92 Å². The van der Waals surface area contributed by atoms with Gasteiger partial charge in [-0.25, -0.2) is 4.98 Å². The molecule has 0 amide bonds. The smallest absolute Gasteiger partial charge is 0.256 e. The summed E-state index contributed by atoms with van der Waals surface area (Å²) in [5.74, 6) is 0.120. The van der Waals surface area contributed by atoms with Crippen molar-refractivity contribution >= 4 is 17.1 Å². The van der Waals surface area contributed by atoms with Gasteiger partial charge in [0.25, 0.3) is 6.29 Å². The van der Waals surface area contributed by atoms with Crippen LogP contribution in [-0.2, 0) is 4.74 Å². The van der Waals surface area contributed by atoms with Crippen LogP contribution in [0.4, 0.5) is 5.95 Å². The topological polar surface area (TPSA) is 158 Å². The molecule has 1 aliphatic rings. The predicted molar refractivity (Wildman–Crippen MR) is 75.2 cm³/mol. The first-order valence-corrected chi connectivity index (χ1v) is 6.77. The van der Waals surface area contributed by atoms with E-state index in [2.05, 4.69) is 15.0 Å². The molecular formula is C12H17N5O6. The highest BCUT2D eigenvalue weighted by Gasteiger charge is 2.54. The fourth-order valence-electron chi connectivity index (χ4n) is 2.35. The molecule has 1 fully saturated rings. The molecule has 5 N–H and O–H groups in total. The molecule has 4 atom stereocenters. The average Bonchev–Trinajstić information content (AvgIpc) is 3.00. The summed E-state index contributed by atoms with van der Waals surface area (Å²) in [6, 6.07) is 0. The second-order valence-electron chi connectivity index (χ2n) is 5.30. The Morgan fingerprint density at radius 1 is 1.48 bits per heavy atom. The van der Waals surface area contributed by atoms with E-state index in [9.17, 15) is 10.2 Å². The van der Waals surface area contributed by atoms with Gasteiger partial charge in [0.15, 0.2) is 11.1 Å². The fourth-order valence-corrected chi connectivity index (χ4v) is 2.35. The molecule has 0 aliphatic carbocycles. The summed E-state index contributed by atoms with van der Waals surface area (Å²) in [4.78, 5) is 17.5. The third-order valence-corrected chi connectivity index (χ3v) is 3.66. The van der Waals surface area contributed by atoms with Gasteiger partial charge in [0.05, 0.1) is 13.7 Å². The molecule has 0 aromatic carbocycles. The number of nitrogens with two attached hydrogens (primary N) is 1. The second-order valence-corrected chi connectivity index (χ2v) is 5.30. The molecule has 1 aliphatic heterocycles. The number of anilines is 1. The van der Waals surface area contributed by atoms with Crippen molar-refractivity contribution in [3.05, 3.63) is 6.33 Å². The van der Waals surface area contributed by atoms with E-state index in [1.807, 2.05) is 0 Å². The van der Waals surface area contributed by atoms with E-state index < -0.39 is 30.7 Å². The summed E-state index contributed by atoms with van der Waals surface area (Å²) in [5.41, 5.74) is 4.37. The predicted octanol–water partition coefficient (Wildman–Crippen LogP) is -2.33. The zero-order chi connectivity index (χ0) is 16.8. The van der Waals surface area contributed by atoms with E-state index in [1.165, 1.54) is 20.4 Å². The molecule has 0 spiro atoms. The number of imidazole rings is 1. The molecule has 11 nitrogen and oxygen atoms in total. The lowest BCUT2D eigenvalue weighted by molar-refractivity contribution is -0.200. The SMILES string of the molecule is COc1nc(N)nc2c1ncn2O[C@@H]1O[C@H](CO)[C@@H](O)[C@@]1(C)O. The number of hydrogen-bond acceptors (Lipinski definition) is 10. The molecule has 1 saturated heterocycles. The molecule has 2 aromatic rings. The summed E-state index contributed by atoms with van der Waals surface area (Å²) in [5, 5.41) is 29.4. The summed E-state index contributed by atoms with van der Waals surface area (Å²) in [6.07, 6.45) is -2.27. The van der Waals surface area contributed by atoms with Crippen molar-refractivity contribution < 1.29 is 29.6 Å². The van der Waals surface area contributed by atoms with E-state index in [0.717, 1.165) is 4.73 Å². The van der Waals surface area contributed by atoms with Gasteiger partial charge in [0.2, 0.25) is 17.5 Å². The fraction of sp³-hybridized carbons (Fsp3) is 0.583. The molecule has 3 heterocycles. The number of aromatic nitrogens is 4. The van der Waals surface area contributed by atoms with Crippen molar-refractivity contribution in [2.45, 2.75) is 31.0 Å². The molecule has 2 aromatic heterocycles. The van der Waals surface area contributed by atoms with E-state index in [4.69, 9.17) is 25.2 Å². The van der Waals surface area contributed by atoms with E-state index >= 15 is 0 Å². The van der Waals surface area contributed by atoms with E-state index in [1.54, 1.807) is 0 Å². The minimum Gasteiger partial charge on any atom is -0.479 e. The van der Waals surface area contributed by atoms with E-state index in [-0.39, 0.29) is 17.5 Å². The van der Waals surface area contributed by atoms with Crippen molar-refractivity contribution in [2.75, 3.05) is 19.5 Å². The molecule has 0 saturated carbocycles. The zero-order valence-corrected chi connectivity index (χ0v) is 12.4. The number of nitrogen functional groups attached to an aromatic ring is 1. The quantitative estimate of drug-likeness (QED) is 0.480.